The van der Waals surface area contributed by atoms with Crippen LogP contribution in [0, 0.1) is 0 Å². The van der Waals surface area contributed by atoms with Crippen LogP contribution < -0.4 is 5.43 Å². The van der Waals surface area contributed by atoms with Crippen molar-refractivity contribution < 1.29 is 9.90 Å². The van der Waals surface area contributed by atoms with Gasteiger partial charge in [-0.2, -0.15) is 0 Å². The Bertz CT molecular complexity index is 572. The standard InChI is InChI=1S/C12H11NO3S/c14-11-4-6-13(8-10(11)12(15)16)5-3-9-2-1-7-17-9/h1-2,4,6-8H,3,5H2,(H,15,16). The summed E-state index contributed by atoms with van der Waals surface area (Å²) in [6.07, 6.45) is 3.83. The van der Waals surface area contributed by atoms with E-state index in [2.05, 4.69) is 0 Å². The van der Waals surface area contributed by atoms with Crippen LogP contribution in [-0.2, 0) is 13.0 Å². The number of aromatic nitrogens is 1. The minimum absolute atomic E-state index is 0.182. The molecule has 1 N–H and O–H groups in total. The van der Waals surface area contributed by atoms with Crippen LogP contribution in [0.15, 0.2) is 40.8 Å². The molecule has 88 valence electrons. The fraction of sp³-hybridized carbons (Fsp3) is 0.167. The maximum Gasteiger partial charge on any atom is 0.341 e. The van der Waals surface area contributed by atoms with Gasteiger partial charge in [-0.1, -0.05) is 6.07 Å². The third-order valence-corrected chi connectivity index (χ3v) is 3.34. The highest BCUT2D eigenvalue weighted by atomic mass is 32.1. The molecule has 5 heteroatoms. The summed E-state index contributed by atoms with van der Waals surface area (Å²) in [6.45, 7) is 0.668. The summed E-state index contributed by atoms with van der Waals surface area (Å²) in [7, 11) is 0. The highest BCUT2D eigenvalue weighted by Gasteiger charge is 2.08. The number of hydrogen-bond acceptors (Lipinski definition) is 3. The minimum atomic E-state index is -1.18. The highest BCUT2D eigenvalue weighted by Crippen LogP contribution is 2.10. The molecule has 0 aromatic carbocycles. The van der Waals surface area contributed by atoms with E-state index in [-0.39, 0.29) is 5.56 Å². The molecule has 0 atom stereocenters. The highest BCUT2D eigenvalue weighted by molar-refractivity contribution is 7.09. The Kier molecular flexibility index (Phi) is 3.39. The second-order valence-corrected chi connectivity index (χ2v) is 4.63. The van der Waals surface area contributed by atoms with E-state index in [4.69, 9.17) is 5.11 Å². The topological polar surface area (TPSA) is 59.3 Å². The van der Waals surface area contributed by atoms with Crippen molar-refractivity contribution in [2.24, 2.45) is 0 Å². The van der Waals surface area contributed by atoms with E-state index < -0.39 is 11.4 Å². The molecule has 17 heavy (non-hydrogen) atoms. The van der Waals surface area contributed by atoms with Crippen LogP contribution in [0.3, 0.4) is 0 Å². The van der Waals surface area contributed by atoms with Gasteiger partial charge in [-0.3, -0.25) is 4.79 Å². The van der Waals surface area contributed by atoms with Gasteiger partial charge < -0.3 is 9.67 Å². The number of carbonyl (C=O) groups is 1. The third kappa shape index (κ3) is 2.82. The summed E-state index contributed by atoms with van der Waals surface area (Å²) in [5.41, 5.74) is -0.636. The Morgan fingerprint density at radius 1 is 1.41 bits per heavy atom. The van der Waals surface area contributed by atoms with E-state index in [9.17, 15) is 9.59 Å². The molecule has 2 heterocycles. The van der Waals surface area contributed by atoms with Gasteiger partial charge in [0.15, 0.2) is 5.43 Å². The van der Waals surface area contributed by atoms with Gasteiger partial charge in [-0.05, 0) is 17.9 Å². The van der Waals surface area contributed by atoms with Gasteiger partial charge in [-0.15, -0.1) is 11.3 Å². The normalized spacial score (nSPS) is 10.4. The molecule has 0 unspecified atom stereocenters. The summed E-state index contributed by atoms with van der Waals surface area (Å²) in [4.78, 5) is 23.3. The second kappa shape index (κ2) is 4.97. The van der Waals surface area contributed by atoms with Crippen LogP contribution in [0.25, 0.3) is 0 Å². The van der Waals surface area contributed by atoms with Crippen LogP contribution in [-0.4, -0.2) is 15.6 Å². The Labute approximate surface area is 102 Å². The molecule has 0 amide bonds. The van der Waals surface area contributed by atoms with Crippen molar-refractivity contribution >= 4 is 17.3 Å². The van der Waals surface area contributed by atoms with E-state index in [1.54, 1.807) is 22.1 Å². The predicted molar refractivity (Wildman–Crippen MR) is 65.7 cm³/mol. The quantitative estimate of drug-likeness (QED) is 0.899. The number of rotatable bonds is 4. The first-order valence-corrected chi connectivity index (χ1v) is 6.00. The molecule has 0 saturated carbocycles. The Hall–Kier alpha value is -1.88. The Morgan fingerprint density at radius 2 is 2.24 bits per heavy atom. The number of carboxylic acids is 1. The number of thiophene rings is 1. The van der Waals surface area contributed by atoms with Crippen molar-refractivity contribution in [3.05, 3.63) is 56.6 Å². The number of nitrogens with zero attached hydrogens (tertiary/aromatic N) is 1. The number of pyridine rings is 1. The first-order chi connectivity index (χ1) is 8.16. The molecule has 0 spiro atoms. The lowest BCUT2D eigenvalue weighted by molar-refractivity contribution is 0.0694. The van der Waals surface area contributed by atoms with Gasteiger partial charge >= 0.3 is 5.97 Å². The smallest absolute Gasteiger partial charge is 0.341 e. The molecular formula is C12H11NO3S. The van der Waals surface area contributed by atoms with Crippen molar-refractivity contribution in [2.45, 2.75) is 13.0 Å². The first kappa shape index (κ1) is 11.6. The molecule has 2 aromatic rings. The zero-order valence-electron chi connectivity index (χ0n) is 9.00. The van der Waals surface area contributed by atoms with Crippen molar-refractivity contribution in [3.63, 3.8) is 0 Å². The fourth-order valence-corrected chi connectivity index (χ4v) is 2.22. The largest absolute Gasteiger partial charge is 0.477 e. The molecule has 0 radical (unpaired) electrons. The van der Waals surface area contributed by atoms with E-state index in [1.165, 1.54) is 17.1 Å². The Morgan fingerprint density at radius 3 is 2.88 bits per heavy atom. The first-order valence-electron chi connectivity index (χ1n) is 5.12. The van der Waals surface area contributed by atoms with Crippen molar-refractivity contribution in [1.29, 1.82) is 0 Å². The van der Waals surface area contributed by atoms with Gasteiger partial charge in [0.1, 0.15) is 5.56 Å². The molecular weight excluding hydrogens is 238 g/mol. The monoisotopic (exact) mass is 249 g/mol. The minimum Gasteiger partial charge on any atom is -0.477 e. The van der Waals surface area contributed by atoms with Gasteiger partial charge in [0, 0.05) is 29.9 Å². The lowest BCUT2D eigenvalue weighted by Gasteiger charge is -2.05. The molecule has 2 rings (SSSR count). The SMILES string of the molecule is O=C(O)c1cn(CCc2cccs2)ccc1=O. The van der Waals surface area contributed by atoms with Gasteiger partial charge in [0.2, 0.25) is 0 Å². The maximum atomic E-state index is 11.3. The van der Waals surface area contributed by atoms with Crippen LogP contribution >= 0.6 is 11.3 Å². The molecule has 2 aromatic heterocycles. The summed E-state index contributed by atoms with van der Waals surface area (Å²) in [5.74, 6) is -1.18. The zero-order chi connectivity index (χ0) is 12.3. The second-order valence-electron chi connectivity index (χ2n) is 3.60. The van der Waals surface area contributed by atoms with Crippen molar-refractivity contribution in [3.8, 4) is 0 Å². The number of aryl methyl sites for hydroxylation is 2. The molecule has 0 bridgehead atoms. The lowest BCUT2D eigenvalue weighted by atomic mass is 10.2. The van der Waals surface area contributed by atoms with Gasteiger partial charge in [-0.25, -0.2) is 4.79 Å². The molecule has 0 aliphatic rings. The van der Waals surface area contributed by atoms with Gasteiger partial charge in [0.05, 0.1) is 0 Å². The van der Waals surface area contributed by atoms with E-state index in [0.29, 0.717) is 6.54 Å². The van der Waals surface area contributed by atoms with Crippen LogP contribution in [0.2, 0.25) is 0 Å². The average Bonchev–Trinajstić information content (AvgIpc) is 2.80. The van der Waals surface area contributed by atoms with E-state index in [1.807, 2.05) is 17.5 Å². The summed E-state index contributed by atoms with van der Waals surface area (Å²) >= 11 is 1.66. The number of hydrogen-bond donors (Lipinski definition) is 1. The lowest BCUT2D eigenvalue weighted by Crippen LogP contribution is -2.16. The average molecular weight is 249 g/mol. The number of aromatic carboxylic acids is 1. The maximum absolute atomic E-state index is 11.3. The Balaban J connectivity index is 2.14. The summed E-state index contributed by atoms with van der Waals surface area (Å²) in [6, 6.07) is 5.30. The summed E-state index contributed by atoms with van der Waals surface area (Å²) < 4.78 is 1.73. The molecule has 0 fully saturated rings. The van der Waals surface area contributed by atoms with E-state index >= 15 is 0 Å². The molecule has 4 nitrogen and oxygen atoms in total. The predicted octanol–water partition coefficient (Wildman–Crippen LogP) is 1.85. The molecule has 0 aliphatic carbocycles. The third-order valence-electron chi connectivity index (χ3n) is 2.40. The van der Waals surface area contributed by atoms with Crippen LogP contribution in [0.1, 0.15) is 15.2 Å². The molecule has 0 saturated heterocycles. The van der Waals surface area contributed by atoms with Gasteiger partial charge in [0.25, 0.3) is 0 Å². The van der Waals surface area contributed by atoms with Crippen molar-refractivity contribution in [2.75, 3.05) is 0 Å². The van der Waals surface area contributed by atoms with Crippen LogP contribution in [0.5, 0.6) is 0 Å². The van der Waals surface area contributed by atoms with Crippen LogP contribution in [0.4, 0.5) is 0 Å². The fourth-order valence-electron chi connectivity index (χ4n) is 1.52. The van der Waals surface area contributed by atoms with E-state index in [0.717, 1.165) is 6.42 Å². The number of carboxylic acid groups (broad SMARTS) is 1. The molecule has 0 aliphatic heterocycles. The zero-order valence-corrected chi connectivity index (χ0v) is 9.81. The van der Waals surface area contributed by atoms with Crippen molar-refractivity contribution in [1.82, 2.24) is 4.57 Å². The summed E-state index contributed by atoms with van der Waals surface area (Å²) in [5, 5.41) is 10.8.